The van der Waals surface area contributed by atoms with Gasteiger partial charge in [-0.3, -0.25) is 19.3 Å². The van der Waals surface area contributed by atoms with Crippen LogP contribution in [0.4, 0.5) is 5.69 Å². The molecule has 3 N–H and O–H groups in total. The Morgan fingerprint density at radius 3 is 1.86 bits per heavy atom. The van der Waals surface area contributed by atoms with E-state index in [9.17, 15) is 14.4 Å². The largest absolute Gasteiger partial charge is 0.480 e. The summed E-state index contributed by atoms with van der Waals surface area (Å²) in [5, 5.41) is 20.0. The van der Waals surface area contributed by atoms with Gasteiger partial charge in [-0.2, -0.15) is 0 Å². The highest BCUT2D eigenvalue weighted by Gasteiger charge is 2.17. The predicted octanol–water partition coefficient (Wildman–Crippen LogP) is 0.713. The normalized spacial score (nSPS) is 10.4. The number of anilines is 1. The molecule has 0 atom stereocenters. The first-order valence-electron chi connectivity index (χ1n) is 6.30. The van der Waals surface area contributed by atoms with E-state index in [1.165, 1.54) is 0 Å². The van der Waals surface area contributed by atoms with Crippen molar-refractivity contribution >= 4 is 23.5 Å². The number of nitrogens with one attached hydrogen (secondary N) is 1. The van der Waals surface area contributed by atoms with E-state index < -0.39 is 30.9 Å². The fourth-order valence-electron chi connectivity index (χ4n) is 2.00. The number of hydrogen-bond donors (Lipinski definition) is 3. The lowest BCUT2D eigenvalue weighted by Gasteiger charge is -2.17. The molecule has 0 heterocycles. The zero-order valence-electron chi connectivity index (χ0n) is 11.9. The number of rotatable bonds is 7. The van der Waals surface area contributed by atoms with Gasteiger partial charge in [-0.05, 0) is 37.1 Å². The van der Waals surface area contributed by atoms with E-state index in [0.717, 1.165) is 16.0 Å². The first-order valence-corrected chi connectivity index (χ1v) is 6.30. The van der Waals surface area contributed by atoms with Crippen LogP contribution in [0.5, 0.6) is 0 Å². The zero-order chi connectivity index (χ0) is 16.0. The van der Waals surface area contributed by atoms with Gasteiger partial charge in [0.2, 0.25) is 5.91 Å². The Morgan fingerprint density at radius 2 is 1.43 bits per heavy atom. The molecule has 1 amide bonds. The van der Waals surface area contributed by atoms with E-state index in [-0.39, 0.29) is 6.54 Å². The Balaban J connectivity index is 2.68. The number of aryl methyl sites for hydroxylation is 2. The Morgan fingerprint density at radius 1 is 0.952 bits per heavy atom. The highest BCUT2D eigenvalue weighted by atomic mass is 16.4. The summed E-state index contributed by atoms with van der Waals surface area (Å²) in [6, 6.07) is 5.52. The molecule has 1 rings (SSSR count). The van der Waals surface area contributed by atoms with Gasteiger partial charge in [-0.15, -0.1) is 0 Å². The van der Waals surface area contributed by atoms with Gasteiger partial charge in [-0.1, -0.05) is 6.07 Å². The van der Waals surface area contributed by atoms with Gasteiger partial charge >= 0.3 is 11.9 Å². The number of carbonyl (C=O) groups is 3. The second kappa shape index (κ2) is 7.39. The summed E-state index contributed by atoms with van der Waals surface area (Å²) in [7, 11) is 0. The second-order valence-electron chi connectivity index (χ2n) is 4.86. The Bertz CT molecular complexity index is 520. The Hall–Kier alpha value is -2.41. The van der Waals surface area contributed by atoms with Crippen molar-refractivity contribution < 1.29 is 24.6 Å². The van der Waals surface area contributed by atoms with Gasteiger partial charge in [0.1, 0.15) is 0 Å². The van der Waals surface area contributed by atoms with E-state index in [2.05, 4.69) is 5.32 Å². The minimum Gasteiger partial charge on any atom is -0.480 e. The quantitative estimate of drug-likeness (QED) is 0.684. The molecule has 7 heteroatoms. The highest BCUT2D eigenvalue weighted by molar-refractivity contribution is 5.93. The first-order chi connectivity index (χ1) is 9.76. The molecule has 1 aromatic rings. The Kier molecular flexibility index (Phi) is 5.86. The lowest BCUT2D eigenvalue weighted by atomic mass is 10.1. The minimum atomic E-state index is -1.18. The number of carbonyl (C=O) groups excluding carboxylic acids is 1. The molecule has 0 aliphatic rings. The molecule has 0 unspecified atom stereocenters. The molecule has 0 saturated carbocycles. The molecule has 21 heavy (non-hydrogen) atoms. The SMILES string of the molecule is Cc1cc(C)cc(NC(=O)CN(CC(=O)O)CC(=O)O)c1. The minimum absolute atomic E-state index is 0.300. The van der Waals surface area contributed by atoms with Crippen molar-refractivity contribution in [2.24, 2.45) is 0 Å². The van der Waals surface area contributed by atoms with E-state index in [4.69, 9.17) is 10.2 Å². The van der Waals surface area contributed by atoms with Crippen LogP contribution in [-0.4, -0.2) is 52.6 Å². The summed E-state index contributed by atoms with van der Waals surface area (Å²) in [6.45, 7) is 2.47. The lowest BCUT2D eigenvalue weighted by molar-refractivity contribution is -0.142. The Labute approximate surface area is 122 Å². The van der Waals surface area contributed by atoms with Gasteiger partial charge < -0.3 is 15.5 Å². The van der Waals surface area contributed by atoms with Crippen LogP contribution in [0.3, 0.4) is 0 Å². The van der Waals surface area contributed by atoms with Crippen molar-refractivity contribution in [3.05, 3.63) is 29.3 Å². The van der Waals surface area contributed by atoms with Gasteiger partial charge in [0, 0.05) is 5.69 Å². The predicted molar refractivity (Wildman–Crippen MR) is 76.3 cm³/mol. The van der Waals surface area contributed by atoms with E-state index >= 15 is 0 Å². The molecule has 0 aliphatic heterocycles. The van der Waals surface area contributed by atoms with Crippen LogP contribution in [0, 0.1) is 13.8 Å². The summed E-state index contributed by atoms with van der Waals surface area (Å²) in [5.41, 5.74) is 2.57. The molecule has 0 aromatic heterocycles. The average Bonchev–Trinajstić information content (AvgIpc) is 2.24. The number of hydrogen-bond acceptors (Lipinski definition) is 4. The third-order valence-corrected chi connectivity index (χ3v) is 2.59. The molecule has 0 spiro atoms. The topological polar surface area (TPSA) is 107 Å². The van der Waals surface area contributed by atoms with Gasteiger partial charge in [0.05, 0.1) is 19.6 Å². The van der Waals surface area contributed by atoms with Crippen LogP contribution in [-0.2, 0) is 14.4 Å². The number of nitrogens with zero attached hydrogens (tertiary/aromatic N) is 1. The number of carboxylic acid groups (broad SMARTS) is 2. The standard InChI is InChI=1S/C14H18N2O5/c1-9-3-10(2)5-11(4-9)15-12(17)6-16(7-13(18)19)8-14(20)21/h3-5H,6-8H2,1-2H3,(H,15,17)(H,18,19)(H,20,21). The number of amides is 1. The highest BCUT2D eigenvalue weighted by Crippen LogP contribution is 2.13. The fraction of sp³-hybridized carbons (Fsp3) is 0.357. The van der Waals surface area contributed by atoms with Gasteiger partial charge in [0.15, 0.2) is 0 Å². The third kappa shape index (κ3) is 6.53. The molecule has 114 valence electrons. The van der Waals surface area contributed by atoms with Crippen molar-refractivity contribution in [1.29, 1.82) is 0 Å². The first kappa shape index (κ1) is 16.6. The summed E-state index contributed by atoms with van der Waals surface area (Å²) >= 11 is 0. The van der Waals surface area contributed by atoms with Crippen molar-refractivity contribution in [3.63, 3.8) is 0 Å². The van der Waals surface area contributed by atoms with Crippen molar-refractivity contribution in [3.8, 4) is 0 Å². The number of carboxylic acids is 2. The summed E-state index contributed by atoms with van der Waals surface area (Å²) < 4.78 is 0. The van der Waals surface area contributed by atoms with Crippen LogP contribution in [0.2, 0.25) is 0 Å². The van der Waals surface area contributed by atoms with Crippen LogP contribution < -0.4 is 5.32 Å². The molecular formula is C14H18N2O5. The van der Waals surface area contributed by atoms with Gasteiger partial charge in [-0.25, -0.2) is 0 Å². The molecular weight excluding hydrogens is 276 g/mol. The van der Waals surface area contributed by atoms with Crippen molar-refractivity contribution in [1.82, 2.24) is 4.90 Å². The smallest absolute Gasteiger partial charge is 0.317 e. The molecule has 0 bridgehead atoms. The van der Waals surface area contributed by atoms with Crippen LogP contribution in [0.15, 0.2) is 18.2 Å². The van der Waals surface area contributed by atoms with E-state index in [0.29, 0.717) is 5.69 Å². The second-order valence-corrected chi connectivity index (χ2v) is 4.86. The summed E-state index contributed by atoms with van der Waals surface area (Å²) in [6.07, 6.45) is 0. The number of benzene rings is 1. The molecule has 0 aliphatic carbocycles. The molecule has 0 radical (unpaired) electrons. The maximum Gasteiger partial charge on any atom is 0.317 e. The fourth-order valence-corrected chi connectivity index (χ4v) is 2.00. The summed E-state index contributed by atoms with van der Waals surface area (Å²) in [5.74, 6) is -2.83. The monoisotopic (exact) mass is 294 g/mol. The third-order valence-electron chi connectivity index (χ3n) is 2.59. The van der Waals surface area contributed by atoms with Crippen LogP contribution in [0.1, 0.15) is 11.1 Å². The zero-order valence-corrected chi connectivity index (χ0v) is 11.9. The number of aliphatic carboxylic acids is 2. The molecule has 7 nitrogen and oxygen atoms in total. The van der Waals surface area contributed by atoms with E-state index in [1.54, 1.807) is 12.1 Å². The molecule has 0 fully saturated rings. The lowest BCUT2D eigenvalue weighted by Crippen LogP contribution is -2.40. The summed E-state index contributed by atoms with van der Waals surface area (Å²) in [4.78, 5) is 34.2. The molecule has 1 aromatic carbocycles. The average molecular weight is 294 g/mol. The van der Waals surface area contributed by atoms with E-state index in [1.807, 2.05) is 19.9 Å². The maximum absolute atomic E-state index is 11.9. The van der Waals surface area contributed by atoms with Gasteiger partial charge in [0.25, 0.3) is 0 Å². The van der Waals surface area contributed by atoms with Crippen LogP contribution in [0.25, 0.3) is 0 Å². The maximum atomic E-state index is 11.9. The van der Waals surface area contributed by atoms with Crippen molar-refractivity contribution in [2.75, 3.05) is 25.0 Å². The van der Waals surface area contributed by atoms with Crippen LogP contribution >= 0.6 is 0 Å². The molecule has 0 saturated heterocycles. The van der Waals surface area contributed by atoms with Crippen molar-refractivity contribution in [2.45, 2.75) is 13.8 Å².